The molecule has 0 spiro atoms. The van der Waals surface area contributed by atoms with E-state index < -0.39 is 0 Å². The minimum Gasteiger partial charge on any atom is -0.315 e. The fraction of sp³-hybridized carbons (Fsp3) is 1.00. The van der Waals surface area contributed by atoms with Gasteiger partial charge in [0.15, 0.2) is 0 Å². The molecule has 0 saturated heterocycles. The van der Waals surface area contributed by atoms with Crippen LogP contribution < -0.4 is 5.32 Å². The highest BCUT2D eigenvalue weighted by Gasteiger charge is 2.34. The highest BCUT2D eigenvalue weighted by atomic mass is 15.2. The van der Waals surface area contributed by atoms with Gasteiger partial charge in [0.05, 0.1) is 0 Å². The summed E-state index contributed by atoms with van der Waals surface area (Å²) >= 11 is 0. The molecule has 2 heteroatoms. The Labute approximate surface area is 121 Å². The van der Waals surface area contributed by atoms with Crippen molar-refractivity contribution in [3.63, 3.8) is 0 Å². The molecule has 3 unspecified atom stereocenters. The number of hydrogen-bond acceptors (Lipinski definition) is 2. The molecule has 0 amide bonds. The second-order valence-corrected chi connectivity index (χ2v) is 7.11. The van der Waals surface area contributed by atoms with Crippen LogP contribution >= 0.6 is 0 Å². The fourth-order valence-corrected chi connectivity index (χ4v) is 3.76. The number of nitrogens with zero attached hydrogens (tertiary/aromatic N) is 1. The van der Waals surface area contributed by atoms with Crippen LogP contribution in [0, 0.1) is 11.8 Å². The van der Waals surface area contributed by atoms with Gasteiger partial charge in [0.2, 0.25) is 0 Å². The average Bonchev–Trinajstić information content (AvgIpc) is 2.36. The number of rotatable bonds is 7. The topological polar surface area (TPSA) is 15.3 Å². The van der Waals surface area contributed by atoms with E-state index >= 15 is 0 Å². The molecule has 0 heterocycles. The fourth-order valence-electron chi connectivity index (χ4n) is 3.76. The summed E-state index contributed by atoms with van der Waals surface area (Å²) in [7, 11) is 2.14. The molecule has 1 aliphatic carbocycles. The zero-order chi connectivity index (χ0) is 14.4. The third kappa shape index (κ3) is 5.07. The Balaban J connectivity index is 2.75. The van der Waals surface area contributed by atoms with Gasteiger partial charge in [-0.25, -0.2) is 0 Å². The Morgan fingerprint density at radius 2 is 1.84 bits per heavy atom. The van der Waals surface area contributed by atoms with Gasteiger partial charge in [-0.3, -0.25) is 4.90 Å². The van der Waals surface area contributed by atoms with Crippen LogP contribution in [0.5, 0.6) is 0 Å². The van der Waals surface area contributed by atoms with Gasteiger partial charge in [-0.05, 0) is 52.0 Å². The number of nitrogens with one attached hydrogen (secondary N) is 1. The first kappa shape index (κ1) is 17.0. The molecule has 0 aromatic carbocycles. The first-order valence-electron chi connectivity index (χ1n) is 8.42. The summed E-state index contributed by atoms with van der Waals surface area (Å²) in [5, 5.41) is 3.58. The molecule has 3 atom stereocenters. The van der Waals surface area contributed by atoms with Crippen LogP contribution in [-0.4, -0.2) is 36.6 Å². The molecule has 1 N–H and O–H groups in total. The summed E-state index contributed by atoms with van der Waals surface area (Å²) in [5.41, 5.74) is 0. The van der Waals surface area contributed by atoms with Gasteiger partial charge in [0, 0.05) is 24.7 Å². The molecule has 19 heavy (non-hydrogen) atoms. The summed E-state index contributed by atoms with van der Waals surface area (Å²) in [6.45, 7) is 13.0. The normalized spacial score (nSPS) is 28.6. The van der Waals surface area contributed by atoms with E-state index in [0.717, 1.165) is 17.9 Å². The third-order valence-corrected chi connectivity index (χ3v) is 4.66. The summed E-state index contributed by atoms with van der Waals surface area (Å²) < 4.78 is 0. The quantitative estimate of drug-likeness (QED) is 0.753. The molecular weight excluding hydrogens is 232 g/mol. The molecule has 1 saturated carbocycles. The van der Waals surface area contributed by atoms with Crippen LogP contribution in [0.1, 0.15) is 66.7 Å². The van der Waals surface area contributed by atoms with E-state index in [9.17, 15) is 0 Å². The van der Waals surface area contributed by atoms with Crippen molar-refractivity contribution in [2.24, 2.45) is 11.8 Å². The molecular formula is C17H36N2. The highest BCUT2D eigenvalue weighted by molar-refractivity contribution is 4.92. The maximum absolute atomic E-state index is 3.58. The lowest BCUT2D eigenvalue weighted by Gasteiger charge is -2.45. The zero-order valence-corrected chi connectivity index (χ0v) is 14.1. The Hall–Kier alpha value is -0.0800. The number of hydrogen-bond donors (Lipinski definition) is 1. The Kier molecular flexibility index (Phi) is 7.38. The van der Waals surface area contributed by atoms with Crippen molar-refractivity contribution >= 4 is 0 Å². The summed E-state index contributed by atoms with van der Waals surface area (Å²) in [6, 6.07) is 2.08. The largest absolute Gasteiger partial charge is 0.315 e. The van der Waals surface area contributed by atoms with Gasteiger partial charge in [0.25, 0.3) is 0 Å². The van der Waals surface area contributed by atoms with Crippen LogP contribution in [0.4, 0.5) is 0 Å². The van der Waals surface area contributed by atoms with Crippen molar-refractivity contribution in [1.29, 1.82) is 0 Å². The smallest absolute Gasteiger partial charge is 0.0254 e. The first-order chi connectivity index (χ1) is 8.99. The van der Waals surface area contributed by atoms with E-state index in [4.69, 9.17) is 0 Å². The molecule has 1 fully saturated rings. The molecule has 114 valence electrons. The van der Waals surface area contributed by atoms with Crippen LogP contribution in [0.15, 0.2) is 0 Å². The summed E-state index contributed by atoms with van der Waals surface area (Å²) in [6.07, 6.45) is 6.93. The van der Waals surface area contributed by atoms with Crippen molar-refractivity contribution < 1.29 is 0 Å². The zero-order valence-electron chi connectivity index (χ0n) is 14.1. The van der Waals surface area contributed by atoms with Crippen LogP contribution in [-0.2, 0) is 0 Å². The molecule has 1 rings (SSSR count). The van der Waals surface area contributed by atoms with E-state index in [0.29, 0.717) is 12.1 Å². The third-order valence-electron chi connectivity index (χ3n) is 4.66. The SMILES string of the molecule is CCCC1CCC(NC)C(N(CC(C)C)C(C)C)C1. The van der Waals surface area contributed by atoms with E-state index in [1.165, 1.54) is 38.6 Å². The number of likely N-dealkylation sites (N-methyl/N-ethyl adjacent to an activating group) is 1. The van der Waals surface area contributed by atoms with Gasteiger partial charge < -0.3 is 5.32 Å². The Morgan fingerprint density at radius 3 is 2.32 bits per heavy atom. The summed E-state index contributed by atoms with van der Waals surface area (Å²) in [5.74, 6) is 1.71. The van der Waals surface area contributed by atoms with E-state index in [-0.39, 0.29) is 0 Å². The maximum Gasteiger partial charge on any atom is 0.0254 e. The minimum atomic E-state index is 0.656. The van der Waals surface area contributed by atoms with Crippen LogP contribution in [0.25, 0.3) is 0 Å². The molecule has 0 aromatic rings. The van der Waals surface area contributed by atoms with Crippen molar-refractivity contribution in [2.75, 3.05) is 13.6 Å². The summed E-state index contributed by atoms with van der Waals surface area (Å²) in [4.78, 5) is 2.76. The van der Waals surface area contributed by atoms with Gasteiger partial charge in [-0.2, -0.15) is 0 Å². The van der Waals surface area contributed by atoms with Crippen molar-refractivity contribution in [3.05, 3.63) is 0 Å². The van der Waals surface area contributed by atoms with E-state index in [1.807, 2.05) is 0 Å². The van der Waals surface area contributed by atoms with Crippen molar-refractivity contribution in [3.8, 4) is 0 Å². The molecule has 0 aliphatic heterocycles. The first-order valence-corrected chi connectivity index (χ1v) is 8.42. The van der Waals surface area contributed by atoms with Gasteiger partial charge >= 0.3 is 0 Å². The second-order valence-electron chi connectivity index (χ2n) is 7.11. The van der Waals surface area contributed by atoms with Crippen molar-refractivity contribution in [2.45, 2.75) is 84.8 Å². The Morgan fingerprint density at radius 1 is 1.16 bits per heavy atom. The van der Waals surface area contributed by atoms with Gasteiger partial charge in [-0.1, -0.05) is 33.6 Å². The van der Waals surface area contributed by atoms with Gasteiger partial charge in [0.1, 0.15) is 0 Å². The minimum absolute atomic E-state index is 0.656. The molecule has 2 nitrogen and oxygen atoms in total. The van der Waals surface area contributed by atoms with Gasteiger partial charge in [-0.15, -0.1) is 0 Å². The molecule has 0 radical (unpaired) electrons. The average molecular weight is 268 g/mol. The monoisotopic (exact) mass is 268 g/mol. The van der Waals surface area contributed by atoms with E-state index in [2.05, 4.69) is 51.9 Å². The van der Waals surface area contributed by atoms with Crippen LogP contribution in [0.3, 0.4) is 0 Å². The molecule has 0 bridgehead atoms. The predicted molar refractivity (Wildman–Crippen MR) is 85.6 cm³/mol. The lowest BCUT2D eigenvalue weighted by atomic mass is 9.79. The Bertz CT molecular complexity index is 237. The highest BCUT2D eigenvalue weighted by Crippen LogP contribution is 2.32. The lowest BCUT2D eigenvalue weighted by molar-refractivity contribution is 0.0616. The molecule has 1 aliphatic rings. The second kappa shape index (κ2) is 8.26. The predicted octanol–water partition coefficient (Wildman–Crippen LogP) is 3.91. The lowest BCUT2D eigenvalue weighted by Crippen LogP contribution is -2.55. The maximum atomic E-state index is 3.58. The van der Waals surface area contributed by atoms with Crippen LogP contribution in [0.2, 0.25) is 0 Å². The molecule has 0 aromatic heterocycles. The van der Waals surface area contributed by atoms with Crippen molar-refractivity contribution in [1.82, 2.24) is 10.2 Å². The van der Waals surface area contributed by atoms with E-state index in [1.54, 1.807) is 0 Å². The standard InChI is InChI=1S/C17H36N2/c1-7-8-15-9-10-16(18-6)17(11-15)19(14(4)5)12-13(2)3/h13-18H,7-12H2,1-6H3.